The zero-order valence-electron chi connectivity index (χ0n) is 13.9. The van der Waals surface area contributed by atoms with E-state index in [0.717, 1.165) is 35.8 Å². The molecule has 0 aliphatic rings. The highest BCUT2D eigenvalue weighted by molar-refractivity contribution is 6.03. The van der Waals surface area contributed by atoms with E-state index in [1.807, 2.05) is 54.9 Å². The maximum absolute atomic E-state index is 12.2. The molecule has 0 saturated heterocycles. The van der Waals surface area contributed by atoms with E-state index in [-0.39, 0.29) is 28.6 Å². The molecule has 1 amide bonds. The molecule has 3 aromatic rings. The minimum atomic E-state index is 0. The van der Waals surface area contributed by atoms with Crippen molar-refractivity contribution in [2.24, 2.45) is 0 Å². The molecule has 3 rings (SSSR count). The predicted molar refractivity (Wildman–Crippen MR) is 94.7 cm³/mol. The number of rotatable bonds is 6. The van der Waals surface area contributed by atoms with Crippen LogP contribution in [0.5, 0.6) is 5.75 Å². The normalized spacial score (nSPS) is 10.2. The fourth-order valence-corrected chi connectivity index (χ4v) is 2.78. The van der Waals surface area contributed by atoms with Gasteiger partial charge in [-0.1, -0.05) is 30.3 Å². The maximum Gasteiger partial charge on any atom is 0.224 e. The number of phenolic OH excluding ortho intramolecular Hbond substituents is 1. The highest BCUT2D eigenvalue weighted by atomic mass is 79.9. The summed E-state index contributed by atoms with van der Waals surface area (Å²) in [6.07, 6.45) is 6.34. The molecule has 0 spiro atoms. The standard InChI is InChI=1S/C20H20N2O2.BrH/c23-19-11-7-8-16-17(19)9-6-10-18(16)21-20(24)12-2-5-15-22-13-3-1-4-14-22;/h1,3-4,6-11,13-14H,2,5,12,15H2,(H-,21,23,24);1H. The van der Waals surface area contributed by atoms with Gasteiger partial charge in [0.15, 0.2) is 12.4 Å². The van der Waals surface area contributed by atoms with Gasteiger partial charge in [0.25, 0.3) is 0 Å². The Hall–Kier alpha value is -2.40. The monoisotopic (exact) mass is 400 g/mol. The molecule has 130 valence electrons. The van der Waals surface area contributed by atoms with Crippen LogP contribution in [0.1, 0.15) is 19.3 Å². The maximum atomic E-state index is 12.2. The summed E-state index contributed by atoms with van der Waals surface area (Å²) in [5, 5.41) is 14.4. The molecule has 25 heavy (non-hydrogen) atoms. The first-order valence-electron chi connectivity index (χ1n) is 8.19. The molecule has 0 aliphatic carbocycles. The number of hydrogen-bond acceptors (Lipinski definition) is 2. The van der Waals surface area contributed by atoms with E-state index in [2.05, 4.69) is 9.88 Å². The summed E-state index contributed by atoms with van der Waals surface area (Å²) in [5.41, 5.74) is 0.742. The Morgan fingerprint density at radius 2 is 1.64 bits per heavy atom. The Bertz CT molecular complexity index is 837. The van der Waals surface area contributed by atoms with Gasteiger partial charge in [-0.15, -0.1) is 0 Å². The van der Waals surface area contributed by atoms with Crippen LogP contribution in [-0.4, -0.2) is 11.0 Å². The molecule has 0 bridgehead atoms. The molecule has 1 heterocycles. The van der Waals surface area contributed by atoms with E-state index in [1.54, 1.807) is 12.1 Å². The number of carbonyl (C=O) groups is 1. The average Bonchev–Trinajstić information content (AvgIpc) is 2.61. The second kappa shape index (κ2) is 9.18. The minimum Gasteiger partial charge on any atom is -1.00 e. The number of phenols is 1. The van der Waals surface area contributed by atoms with Gasteiger partial charge in [0, 0.05) is 41.4 Å². The molecule has 5 heteroatoms. The first-order valence-corrected chi connectivity index (χ1v) is 8.19. The average molecular weight is 401 g/mol. The predicted octanol–water partition coefficient (Wildman–Crippen LogP) is 0.646. The van der Waals surface area contributed by atoms with Crippen molar-refractivity contribution < 1.29 is 31.4 Å². The van der Waals surface area contributed by atoms with E-state index in [1.165, 1.54) is 0 Å². The van der Waals surface area contributed by atoms with E-state index in [0.29, 0.717) is 6.42 Å². The number of halogens is 1. The van der Waals surface area contributed by atoms with Crippen LogP contribution in [0.3, 0.4) is 0 Å². The summed E-state index contributed by atoms with van der Waals surface area (Å²) in [4.78, 5) is 12.2. The first kappa shape index (κ1) is 18.9. The third-order valence-corrected chi connectivity index (χ3v) is 4.02. The third kappa shape index (κ3) is 5.03. The fourth-order valence-electron chi connectivity index (χ4n) is 2.78. The van der Waals surface area contributed by atoms with Gasteiger partial charge in [0.05, 0.1) is 0 Å². The summed E-state index contributed by atoms with van der Waals surface area (Å²) in [7, 11) is 0. The molecule has 4 nitrogen and oxygen atoms in total. The van der Waals surface area contributed by atoms with Crippen LogP contribution in [0.25, 0.3) is 10.8 Å². The number of nitrogens with zero attached hydrogens (tertiary/aromatic N) is 1. The Morgan fingerprint density at radius 1 is 0.920 bits per heavy atom. The van der Waals surface area contributed by atoms with Crippen LogP contribution in [0.2, 0.25) is 0 Å². The highest BCUT2D eigenvalue weighted by Gasteiger charge is 2.08. The van der Waals surface area contributed by atoms with Gasteiger partial charge < -0.3 is 27.4 Å². The second-order valence-corrected chi connectivity index (χ2v) is 5.80. The number of amides is 1. The number of anilines is 1. The molecule has 0 aliphatic heterocycles. The SMILES string of the molecule is O=C(CCCC[n+]1ccccc1)Nc1cccc2c(O)cccc12.[Br-]. The third-order valence-electron chi connectivity index (χ3n) is 4.02. The van der Waals surface area contributed by atoms with Crippen molar-refractivity contribution in [2.75, 3.05) is 5.32 Å². The molecular formula is C20H21BrN2O2. The number of benzene rings is 2. The van der Waals surface area contributed by atoms with Crippen molar-refractivity contribution >= 4 is 22.4 Å². The number of aryl methyl sites for hydroxylation is 1. The number of hydrogen-bond donors (Lipinski definition) is 2. The summed E-state index contributed by atoms with van der Waals surface area (Å²) in [6.45, 7) is 0.913. The molecule has 2 N–H and O–H groups in total. The number of fused-ring (bicyclic) bond motifs is 1. The van der Waals surface area contributed by atoms with Crippen molar-refractivity contribution in [3.05, 3.63) is 67.0 Å². The Balaban J connectivity index is 0.00000225. The summed E-state index contributed by atoms with van der Waals surface area (Å²) in [6, 6.07) is 16.9. The quantitative estimate of drug-likeness (QED) is 0.471. The van der Waals surface area contributed by atoms with Gasteiger partial charge in [-0.25, -0.2) is 4.57 Å². The Kier molecular flexibility index (Phi) is 6.95. The summed E-state index contributed by atoms with van der Waals surface area (Å²) < 4.78 is 2.12. The fraction of sp³-hybridized carbons (Fsp3) is 0.200. The van der Waals surface area contributed by atoms with Crippen molar-refractivity contribution in [1.29, 1.82) is 0 Å². The summed E-state index contributed by atoms with van der Waals surface area (Å²) >= 11 is 0. The number of aromatic nitrogens is 1. The van der Waals surface area contributed by atoms with E-state index >= 15 is 0 Å². The van der Waals surface area contributed by atoms with Gasteiger partial charge in [0.2, 0.25) is 5.91 Å². The molecule has 0 saturated carbocycles. The van der Waals surface area contributed by atoms with Crippen LogP contribution in [0.15, 0.2) is 67.0 Å². The van der Waals surface area contributed by atoms with E-state index in [9.17, 15) is 9.90 Å². The highest BCUT2D eigenvalue weighted by Crippen LogP contribution is 2.29. The van der Waals surface area contributed by atoms with Crippen LogP contribution in [0.4, 0.5) is 5.69 Å². The molecule has 0 atom stereocenters. The lowest BCUT2D eigenvalue weighted by atomic mass is 10.1. The van der Waals surface area contributed by atoms with Gasteiger partial charge in [-0.2, -0.15) is 0 Å². The number of nitrogens with one attached hydrogen (secondary N) is 1. The number of unbranched alkanes of at least 4 members (excludes halogenated alkanes) is 1. The second-order valence-electron chi connectivity index (χ2n) is 5.80. The molecule has 1 aromatic heterocycles. The van der Waals surface area contributed by atoms with Crippen LogP contribution in [0, 0.1) is 0 Å². The Labute approximate surface area is 157 Å². The van der Waals surface area contributed by atoms with Crippen LogP contribution < -0.4 is 26.9 Å². The topological polar surface area (TPSA) is 53.2 Å². The molecular weight excluding hydrogens is 380 g/mol. The van der Waals surface area contributed by atoms with E-state index < -0.39 is 0 Å². The van der Waals surface area contributed by atoms with Gasteiger partial charge in [-0.05, 0) is 18.6 Å². The number of carbonyl (C=O) groups excluding carboxylic acids is 1. The molecule has 2 aromatic carbocycles. The Morgan fingerprint density at radius 3 is 2.44 bits per heavy atom. The van der Waals surface area contributed by atoms with Crippen molar-refractivity contribution in [2.45, 2.75) is 25.8 Å². The van der Waals surface area contributed by atoms with Crippen molar-refractivity contribution in [3.8, 4) is 5.75 Å². The summed E-state index contributed by atoms with van der Waals surface area (Å²) in [5.74, 6) is 0.229. The number of aromatic hydroxyl groups is 1. The minimum absolute atomic E-state index is 0. The number of pyridine rings is 1. The molecule has 0 fully saturated rings. The van der Waals surface area contributed by atoms with Crippen LogP contribution >= 0.6 is 0 Å². The lowest BCUT2D eigenvalue weighted by Crippen LogP contribution is -3.00. The van der Waals surface area contributed by atoms with Crippen molar-refractivity contribution in [3.63, 3.8) is 0 Å². The smallest absolute Gasteiger partial charge is 0.224 e. The first-order chi connectivity index (χ1) is 11.7. The zero-order valence-corrected chi connectivity index (χ0v) is 15.4. The zero-order chi connectivity index (χ0) is 16.8. The van der Waals surface area contributed by atoms with Crippen molar-refractivity contribution in [1.82, 2.24) is 0 Å². The molecule has 0 unspecified atom stereocenters. The largest absolute Gasteiger partial charge is 1.00 e. The van der Waals surface area contributed by atoms with Gasteiger partial charge >= 0.3 is 0 Å². The lowest BCUT2D eigenvalue weighted by molar-refractivity contribution is -0.697. The molecule has 0 radical (unpaired) electrons. The van der Waals surface area contributed by atoms with Crippen LogP contribution in [-0.2, 0) is 11.3 Å². The lowest BCUT2D eigenvalue weighted by Gasteiger charge is -2.09. The van der Waals surface area contributed by atoms with E-state index in [4.69, 9.17) is 0 Å². The van der Waals surface area contributed by atoms with Gasteiger partial charge in [-0.3, -0.25) is 4.79 Å². The van der Waals surface area contributed by atoms with Gasteiger partial charge in [0.1, 0.15) is 12.3 Å².